The second kappa shape index (κ2) is 2.54. The van der Waals surface area contributed by atoms with E-state index in [9.17, 15) is 8.42 Å². The third-order valence-corrected chi connectivity index (χ3v) is 0. The molecule has 0 bridgehead atoms. The SMILES string of the molecule is Br.CS(=O)(=O)O. The van der Waals surface area contributed by atoms with Crippen LogP contribution in [0.25, 0.3) is 0 Å². The molecule has 0 aliphatic rings. The highest BCUT2D eigenvalue weighted by atomic mass is 79.9. The number of halogens is 1. The van der Waals surface area contributed by atoms with Crippen molar-refractivity contribution >= 4 is 27.1 Å². The average Bonchev–Trinajstić information content (AvgIpc) is 0.722. The maximum Gasteiger partial charge on any atom is 0.261 e. The monoisotopic (exact) mass is 176 g/mol. The van der Waals surface area contributed by atoms with Crippen LogP contribution in [-0.2, 0) is 10.1 Å². The van der Waals surface area contributed by atoms with Gasteiger partial charge in [-0.1, -0.05) is 0 Å². The van der Waals surface area contributed by atoms with Crippen molar-refractivity contribution in [2.45, 2.75) is 0 Å². The van der Waals surface area contributed by atoms with E-state index in [0.29, 0.717) is 6.26 Å². The molecule has 0 aliphatic heterocycles. The van der Waals surface area contributed by atoms with Crippen molar-refractivity contribution in [1.29, 1.82) is 0 Å². The second-order valence-electron chi connectivity index (χ2n) is 0.733. The van der Waals surface area contributed by atoms with E-state index in [4.69, 9.17) is 4.55 Å². The van der Waals surface area contributed by atoms with Crippen LogP contribution in [0.4, 0.5) is 0 Å². The standard InChI is InChI=1S/CH4O3S.BrH/c1-5(2,3)4;/h1H3,(H,2,3,4);1H. The molecule has 0 saturated carbocycles. The number of rotatable bonds is 0. The number of hydrogen-bond donors (Lipinski definition) is 1. The summed E-state index contributed by atoms with van der Waals surface area (Å²) in [6.45, 7) is 0. The van der Waals surface area contributed by atoms with Crippen molar-refractivity contribution in [3.8, 4) is 0 Å². The highest BCUT2D eigenvalue weighted by Gasteiger charge is 1.81. The van der Waals surface area contributed by atoms with Crippen LogP contribution in [0.15, 0.2) is 0 Å². The van der Waals surface area contributed by atoms with E-state index in [1.165, 1.54) is 0 Å². The molecule has 0 fully saturated rings. The van der Waals surface area contributed by atoms with Crippen LogP contribution in [0.1, 0.15) is 0 Å². The van der Waals surface area contributed by atoms with Gasteiger partial charge in [-0.05, 0) is 0 Å². The minimum Gasteiger partial charge on any atom is -0.286 e. The zero-order valence-electron chi connectivity index (χ0n) is 3.08. The van der Waals surface area contributed by atoms with Gasteiger partial charge in [0.15, 0.2) is 0 Å². The van der Waals surface area contributed by atoms with Crippen LogP contribution < -0.4 is 0 Å². The zero-order chi connectivity index (χ0) is 4.50. The molecule has 0 amide bonds. The second-order valence-corrected chi connectivity index (χ2v) is 2.20. The lowest BCUT2D eigenvalue weighted by Gasteiger charge is -1.69. The maximum atomic E-state index is 9.19. The van der Waals surface area contributed by atoms with Gasteiger partial charge < -0.3 is 0 Å². The quantitative estimate of drug-likeness (QED) is 0.533. The van der Waals surface area contributed by atoms with E-state index in [1.54, 1.807) is 0 Å². The van der Waals surface area contributed by atoms with Crippen molar-refractivity contribution in [3.05, 3.63) is 0 Å². The summed E-state index contributed by atoms with van der Waals surface area (Å²) in [4.78, 5) is 0. The lowest BCUT2D eigenvalue weighted by molar-refractivity contribution is 0.490. The fourth-order valence-corrected chi connectivity index (χ4v) is 0. The van der Waals surface area contributed by atoms with Gasteiger partial charge in [-0.15, -0.1) is 17.0 Å². The Morgan fingerprint density at radius 1 is 1.50 bits per heavy atom. The van der Waals surface area contributed by atoms with Gasteiger partial charge in [0.1, 0.15) is 0 Å². The Balaban J connectivity index is 0. The van der Waals surface area contributed by atoms with E-state index in [2.05, 4.69) is 0 Å². The molecule has 40 valence electrons. The summed E-state index contributed by atoms with van der Waals surface area (Å²) in [6, 6.07) is 0. The Bertz CT molecular complexity index is 94.0. The summed E-state index contributed by atoms with van der Waals surface area (Å²) in [7, 11) is -3.67. The third kappa shape index (κ3) is 332. The highest BCUT2D eigenvalue weighted by Crippen LogP contribution is 1.60. The van der Waals surface area contributed by atoms with Crippen molar-refractivity contribution < 1.29 is 13.0 Å². The van der Waals surface area contributed by atoms with Crippen LogP contribution in [0.5, 0.6) is 0 Å². The summed E-state index contributed by atoms with van der Waals surface area (Å²) in [5.74, 6) is 0. The predicted octanol–water partition coefficient (Wildman–Crippen LogP) is 0.0819. The molecular formula is CH5BrO3S. The molecule has 0 rings (SSSR count). The molecule has 5 heteroatoms. The molecular weight excluding hydrogens is 172 g/mol. The third-order valence-electron chi connectivity index (χ3n) is 0. The molecule has 3 nitrogen and oxygen atoms in total. The van der Waals surface area contributed by atoms with Crippen LogP contribution in [0, 0.1) is 0 Å². The molecule has 0 spiro atoms. The molecule has 1 N–H and O–H groups in total. The Kier molecular flexibility index (Phi) is 4.08. The minimum atomic E-state index is -3.67. The van der Waals surface area contributed by atoms with Gasteiger partial charge >= 0.3 is 0 Å². The fraction of sp³-hybridized carbons (Fsp3) is 1.00. The molecule has 0 radical (unpaired) electrons. The summed E-state index contributed by atoms with van der Waals surface area (Å²) in [5.41, 5.74) is 0. The molecule has 0 aromatic rings. The van der Waals surface area contributed by atoms with Gasteiger partial charge in [0.2, 0.25) is 0 Å². The number of hydrogen-bond acceptors (Lipinski definition) is 2. The first-order valence-corrected chi connectivity index (χ1v) is 2.77. The molecule has 0 aromatic heterocycles. The van der Waals surface area contributed by atoms with E-state index in [0.717, 1.165) is 0 Å². The predicted molar refractivity (Wildman–Crippen MR) is 27.8 cm³/mol. The van der Waals surface area contributed by atoms with Crippen LogP contribution in [0.3, 0.4) is 0 Å². The van der Waals surface area contributed by atoms with E-state index in [-0.39, 0.29) is 17.0 Å². The Morgan fingerprint density at radius 2 is 1.50 bits per heavy atom. The topological polar surface area (TPSA) is 54.4 Å². The van der Waals surface area contributed by atoms with E-state index < -0.39 is 10.1 Å². The van der Waals surface area contributed by atoms with Crippen molar-refractivity contribution in [2.24, 2.45) is 0 Å². The zero-order valence-corrected chi connectivity index (χ0v) is 5.61. The van der Waals surface area contributed by atoms with E-state index in [1.807, 2.05) is 0 Å². The smallest absolute Gasteiger partial charge is 0.261 e. The van der Waals surface area contributed by atoms with E-state index >= 15 is 0 Å². The van der Waals surface area contributed by atoms with Crippen LogP contribution in [0.2, 0.25) is 0 Å². The molecule has 0 aromatic carbocycles. The Labute approximate surface area is 46.9 Å². The van der Waals surface area contributed by atoms with Gasteiger partial charge in [-0.2, -0.15) is 8.42 Å². The van der Waals surface area contributed by atoms with Crippen LogP contribution in [-0.4, -0.2) is 19.2 Å². The highest BCUT2D eigenvalue weighted by molar-refractivity contribution is 8.93. The first-order valence-electron chi connectivity index (χ1n) is 0.924. The summed E-state index contributed by atoms with van der Waals surface area (Å²) >= 11 is 0. The molecule has 6 heavy (non-hydrogen) atoms. The van der Waals surface area contributed by atoms with Crippen molar-refractivity contribution in [2.75, 3.05) is 6.26 Å². The van der Waals surface area contributed by atoms with Gasteiger partial charge in [0.25, 0.3) is 10.1 Å². The maximum absolute atomic E-state index is 9.19. The summed E-state index contributed by atoms with van der Waals surface area (Å²) in [6.07, 6.45) is 0.715. The largest absolute Gasteiger partial charge is 0.286 e. The summed E-state index contributed by atoms with van der Waals surface area (Å²) in [5, 5.41) is 0. The first-order chi connectivity index (χ1) is 2.00. The van der Waals surface area contributed by atoms with Gasteiger partial charge in [-0.25, -0.2) is 0 Å². The lowest BCUT2D eigenvalue weighted by atomic mass is 12.0. The minimum absolute atomic E-state index is 0. The first kappa shape index (κ1) is 9.63. The Morgan fingerprint density at radius 3 is 1.50 bits per heavy atom. The lowest BCUT2D eigenvalue weighted by Crippen LogP contribution is -1.88. The average molecular weight is 177 g/mol. The molecule has 0 atom stereocenters. The molecule has 0 saturated heterocycles. The van der Waals surface area contributed by atoms with Gasteiger partial charge in [0, 0.05) is 0 Å². The summed E-state index contributed by atoms with van der Waals surface area (Å²) < 4.78 is 25.9. The van der Waals surface area contributed by atoms with Gasteiger partial charge in [-0.3, -0.25) is 4.55 Å². The fourth-order valence-electron chi connectivity index (χ4n) is 0. The molecule has 0 aliphatic carbocycles. The molecule has 0 unspecified atom stereocenters. The van der Waals surface area contributed by atoms with Crippen LogP contribution >= 0.6 is 17.0 Å². The van der Waals surface area contributed by atoms with Gasteiger partial charge in [0.05, 0.1) is 6.26 Å². The van der Waals surface area contributed by atoms with Crippen molar-refractivity contribution in [1.82, 2.24) is 0 Å². The molecule has 0 heterocycles. The van der Waals surface area contributed by atoms with Crippen molar-refractivity contribution in [3.63, 3.8) is 0 Å². The Hall–Kier alpha value is 0.390. The normalized spacial score (nSPS) is 9.67.